The summed E-state index contributed by atoms with van der Waals surface area (Å²) in [5, 5.41) is 11.5. The van der Waals surface area contributed by atoms with Gasteiger partial charge < -0.3 is 10.4 Å². The number of carbonyl (C=O) groups is 2. The van der Waals surface area contributed by atoms with Crippen molar-refractivity contribution in [1.29, 1.82) is 0 Å². The van der Waals surface area contributed by atoms with E-state index >= 15 is 0 Å². The first kappa shape index (κ1) is 11.0. The number of fused-ring (bicyclic) bond motifs is 1. The third-order valence-corrected chi connectivity index (χ3v) is 3.61. The molecule has 16 heavy (non-hydrogen) atoms. The van der Waals surface area contributed by atoms with Gasteiger partial charge >= 0.3 is 5.97 Å². The lowest BCUT2D eigenvalue weighted by Gasteiger charge is -2.09. The highest BCUT2D eigenvalue weighted by Crippen LogP contribution is 2.32. The van der Waals surface area contributed by atoms with Crippen molar-refractivity contribution in [3.05, 3.63) is 24.3 Å². The van der Waals surface area contributed by atoms with Gasteiger partial charge in [0, 0.05) is 10.6 Å². The van der Waals surface area contributed by atoms with Crippen LogP contribution in [-0.2, 0) is 9.59 Å². The predicted octanol–water partition coefficient (Wildman–Crippen LogP) is 1.82. The van der Waals surface area contributed by atoms with E-state index in [2.05, 4.69) is 5.32 Å². The summed E-state index contributed by atoms with van der Waals surface area (Å²) in [5.41, 5.74) is 0.769. The van der Waals surface area contributed by atoms with E-state index in [1.165, 1.54) is 11.8 Å². The lowest BCUT2D eigenvalue weighted by molar-refractivity contribution is -0.139. The Bertz CT molecular complexity index is 433. The number of thioether (sulfide) groups is 1. The van der Waals surface area contributed by atoms with E-state index in [4.69, 9.17) is 5.11 Å². The first-order valence-corrected chi connectivity index (χ1v) is 5.90. The Morgan fingerprint density at radius 1 is 1.50 bits per heavy atom. The lowest BCUT2D eigenvalue weighted by atomic mass is 10.1. The number of carboxylic acids is 1. The quantitative estimate of drug-likeness (QED) is 0.823. The van der Waals surface area contributed by atoms with Gasteiger partial charge in [-0.25, -0.2) is 0 Å². The highest BCUT2D eigenvalue weighted by atomic mass is 32.2. The van der Waals surface area contributed by atoms with E-state index in [0.717, 1.165) is 10.6 Å². The first-order valence-electron chi connectivity index (χ1n) is 4.91. The number of amides is 1. The minimum absolute atomic E-state index is 0.118. The van der Waals surface area contributed by atoms with Crippen LogP contribution < -0.4 is 5.32 Å². The van der Waals surface area contributed by atoms with E-state index in [9.17, 15) is 9.59 Å². The van der Waals surface area contributed by atoms with Crippen molar-refractivity contribution in [3.8, 4) is 0 Å². The minimum Gasteiger partial charge on any atom is -0.481 e. The van der Waals surface area contributed by atoms with Crippen molar-refractivity contribution in [2.24, 2.45) is 5.92 Å². The number of aliphatic carboxylic acids is 1. The summed E-state index contributed by atoms with van der Waals surface area (Å²) >= 11 is 1.52. The topological polar surface area (TPSA) is 66.4 Å². The van der Waals surface area contributed by atoms with Crippen molar-refractivity contribution < 1.29 is 14.7 Å². The van der Waals surface area contributed by atoms with Gasteiger partial charge in [-0.3, -0.25) is 9.59 Å². The van der Waals surface area contributed by atoms with Crippen LogP contribution in [0.25, 0.3) is 0 Å². The van der Waals surface area contributed by atoms with E-state index in [-0.39, 0.29) is 12.3 Å². The highest BCUT2D eigenvalue weighted by Gasteiger charge is 2.25. The second-order valence-electron chi connectivity index (χ2n) is 3.59. The number of carbonyl (C=O) groups excluding carboxylic acids is 1. The predicted molar refractivity (Wildman–Crippen MR) is 61.5 cm³/mol. The molecule has 0 spiro atoms. The molecular formula is C11H11NO3S. The summed E-state index contributed by atoms with van der Waals surface area (Å²) < 4.78 is 0. The van der Waals surface area contributed by atoms with Crippen LogP contribution in [0.1, 0.15) is 6.42 Å². The monoisotopic (exact) mass is 237 g/mol. The molecule has 0 saturated carbocycles. The summed E-state index contributed by atoms with van der Waals surface area (Å²) in [4.78, 5) is 23.3. The van der Waals surface area contributed by atoms with Crippen LogP contribution in [0.2, 0.25) is 0 Å². The molecule has 0 aliphatic carbocycles. The second-order valence-corrected chi connectivity index (χ2v) is 4.65. The maximum absolute atomic E-state index is 11.7. The molecule has 84 valence electrons. The lowest BCUT2D eigenvalue weighted by Crippen LogP contribution is -2.25. The molecule has 1 heterocycles. The standard InChI is InChI=1S/C11H11NO3S/c13-10(14)5-7-6-16-9-4-2-1-3-8(9)12-11(7)15/h1-4,7H,5-6H2,(H,12,15)(H,13,14). The molecule has 2 rings (SSSR count). The third-order valence-electron chi connectivity index (χ3n) is 2.38. The fourth-order valence-electron chi connectivity index (χ4n) is 1.56. The van der Waals surface area contributed by atoms with E-state index < -0.39 is 11.9 Å². The number of nitrogens with one attached hydrogen (secondary N) is 1. The van der Waals surface area contributed by atoms with Gasteiger partial charge in [0.2, 0.25) is 5.91 Å². The van der Waals surface area contributed by atoms with E-state index in [0.29, 0.717) is 5.75 Å². The Hall–Kier alpha value is -1.49. The molecule has 5 heteroatoms. The van der Waals surface area contributed by atoms with Gasteiger partial charge in [-0.05, 0) is 12.1 Å². The van der Waals surface area contributed by atoms with Crippen molar-refractivity contribution >= 4 is 29.3 Å². The Kier molecular flexibility index (Phi) is 3.14. The molecule has 0 radical (unpaired) electrons. The van der Waals surface area contributed by atoms with Gasteiger partial charge in [-0.2, -0.15) is 0 Å². The van der Waals surface area contributed by atoms with Crippen LogP contribution in [0.4, 0.5) is 5.69 Å². The Morgan fingerprint density at radius 3 is 3.00 bits per heavy atom. The normalized spacial score (nSPS) is 19.5. The summed E-state index contributed by atoms with van der Waals surface area (Å²) in [6.45, 7) is 0. The van der Waals surface area contributed by atoms with Crippen LogP contribution in [0, 0.1) is 5.92 Å². The number of carboxylic acid groups (broad SMARTS) is 1. The van der Waals surface area contributed by atoms with Gasteiger partial charge in [0.1, 0.15) is 0 Å². The van der Waals surface area contributed by atoms with Gasteiger partial charge in [0.25, 0.3) is 0 Å². The maximum atomic E-state index is 11.7. The van der Waals surface area contributed by atoms with Gasteiger partial charge in [-0.1, -0.05) is 12.1 Å². The number of anilines is 1. The molecule has 1 aliphatic rings. The van der Waals surface area contributed by atoms with Crippen molar-refractivity contribution in [1.82, 2.24) is 0 Å². The Labute approximate surface area is 97.0 Å². The molecule has 0 bridgehead atoms. The average molecular weight is 237 g/mol. The van der Waals surface area contributed by atoms with Crippen molar-refractivity contribution in [2.45, 2.75) is 11.3 Å². The fourth-order valence-corrected chi connectivity index (χ4v) is 2.66. The molecule has 1 aromatic rings. The van der Waals surface area contributed by atoms with E-state index in [1.807, 2.05) is 24.3 Å². The van der Waals surface area contributed by atoms with Crippen LogP contribution in [0.3, 0.4) is 0 Å². The molecule has 0 fully saturated rings. The first-order chi connectivity index (χ1) is 7.66. The molecular weight excluding hydrogens is 226 g/mol. The molecule has 1 aromatic carbocycles. The van der Waals surface area contributed by atoms with Crippen LogP contribution in [-0.4, -0.2) is 22.7 Å². The molecule has 0 aromatic heterocycles. The number of hydrogen-bond acceptors (Lipinski definition) is 3. The summed E-state index contributed by atoms with van der Waals surface area (Å²) in [6, 6.07) is 7.49. The van der Waals surface area contributed by atoms with Gasteiger partial charge in [0.05, 0.1) is 18.0 Å². The summed E-state index contributed by atoms with van der Waals surface area (Å²) in [7, 11) is 0. The molecule has 1 atom stereocenters. The number of para-hydroxylation sites is 1. The van der Waals surface area contributed by atoms with E-state index in [1.54, 1.807) is 0 Å². The highest BCUT2D eigenvalue weighted by molar-refractivity contribution is 7.99. The minimum atomic E-state index is -0.938. The summed E-state index contributed by atoms with van der Waals surface area (Å²) in [5.74, 6) is -1.10. The van der Waals surface area contributed by atoms with Crippen molar-refractivity contribution in [2.75, 3.05) is 11.1 Å². The van der Waals surface area contributed by atoms with Crippen LogP contribution in [0.15, 0.2) is 29.2 Å². The Morgan fingerprint density at radius 2 is 2.25 bits per heavy atom. The number of hydrogen-bond donors (Lipinski definition) is 2. The van der Waals surface area contributed by atoms with Gasteiger partial charge in [-0.15, -0.1) is 11.8 Å². The zero-order chi connectivity index (χ0) is 11.5. The average Bonchev–Trinajstić information content (AvgIpc) is 2.39. The fraction of sp³-hybridized carbons (Fsp3) is 0.273. The number of rotatable bonds is 2. The maximum Gasteiger partial charge on any atom is 0.304 e. The zero-order valence-corrected chi connectivity index (χ0v) is 9.29. The largest absolute Gasteiger partial charge is 0.481 e. The molecule has 1 aliphatic heterocycles. The SMILES string of the molecule is O=C(O)CC1CSc2ccccc2NC1=O. The Balaban J connectivity index is 2.18. The molecule has 2 N–H and O–H groups in total. The van der Waals surface area contributed by atoms with Crippen LogP contribution in [0.5, 0.6) is 0 Å². The van der Waals surface area contributed by atoms with Gasteiger partial charge in [0.15, 0.2) is 0 Å². The summed E-state index contributed by atoms with van der Waals surface area (Å²) in [6.07, 6.45) is -0.118. The number of benzene rings is 1. The molecule has 4 nitrogen and oxygen atoms in total. The van der Waals surface area contributed by atoms with Crippen LogP contribution >= 0.6 is 11.8 Å². The van der Waals surface area contributed by atoms with Crippen molar-refractivity contribution in [3.63, 3.8) is 0 Å². The molecule has 0 saturated heterocycles. The molecule has 1 unspecified atom stereocenters. The third kappa shape index (κ3) is 2.36. The smallest absolute Gasteiger partial charge is 0.304 e. The zero-order valence-electron chi connectivity index (χ0n) is 8.47. The second kappa shape index (κ2) is 4.57. The molecule has 1 amide bonds.